The predicted octanol–water partition coefficient (Wildman–Crippen LogP) is 1.51. The van der Waals surface area contributed by atoms with Gasteiger partial charge in [-0.25, -0.2) is 0 Å². The summed E-state index contributed by atoms with van der Waals surface area (Å²) in [6.45, 7) is 4.71. The summed E-state index contributed by atoms with van der Waals surface area (Å²) >= 11 is 0. The molecular weight excluding hydrogens is 302 g/mol. The van der Waals surface area contributed by atoms with Crippen LogP contribution in [-0.4, -0.2) is 66.1 Å². The van der Waals surface area contributed by atoms with Crippen LogP contribution in [-0.2, 0) is 4.74 Å². The molecule has 0 spiro atoms. The molecule has 126 valence electrons. The normalized spacial score (nSPS) is 23.0. The van der Waals surface area contributed by atoms with Gasteiger partial charge in [-0.05, 0) is 31.9 Å². The lowest BCUT2D eigenvalue weighted by atomic mass is 10.2. The zero-order chi connectivity index (χ0) is 16.2. The van der Waals surface area contributed by atoms with E-state index >= 15 is 0 Å². The van der Waals surface area contributed by atoms with Crippen molar-refractivity contribution in [1.82, 2.24) is 9.80 Å². The first-order chi connectivity index (χ1) is 11.1. The van der Waals surface area contributed by atoms with Gasteiger partial charge in [-0.3, -0.25) is 19.8 Å². The maximum absolute atomic E-state index is 12.4. The lowest BCUT2D eigenvalue weighted by Gasteiger charge is -2.23. The summed E-state index contributed by atoms with van der Waals surface area (Å²) in [7, 11) is 0. The second-order valence-electron chi connectivity index (χ2n) is 5.98. The Balaban J connectivity index is 1.56. The van der Waals surface area contributed by atoms with E-state index in [2.05, 4.69) is 4.90 Å². The molecule has 8 heteroatoms. The second kappa shape index (κ2) is 7.10. The van der Waals surface area contributed by atoms with Crippen LogP contribution >= 0.6 is 0 Å². The highest BCUT2D eigenvalue weighted by Gasteiger charge is 2.26. The van der Waals surface area contributed by atoms with Crippen LogP contribution in [0.1, 0.15) is 29.8 Å². The first-order valence-corrected chi connectivity index (χ1v) is 8.01. The van der Waals surface area contributed by atoms with E-state index in [9.17, 15) is 14.9 Å². The highest BCUT2D eigenvalue weighted by atomic mass is 16.6. The number of carbonyl (C=O) groups excluding carboxylic acids is 1. The molecule has 0 aliphatic carbocycles. The van der Waals surface area contributed by atoms with Gasteiger partial charge in [-0.15, -0.1) is 0 Å². The molecule has 1 aromatic rings. The van der Waals surface area contributed by atoms with Gasteiger partial charge in [-0.2, -0.15) is 0 Å². The number of nitrogens with zero attached hydrogens (tertiary/aromatic N) is 3. The Morgan fingerprint density at radius 1 is 1.26 bits per heavy atom. The highest BCUT2D eigenvalue weighted by molar-refractivity contribution is 5.91. The smallest absolute Gasteiger partial charge is 0.395 e. The molecule has 0 N–H and O–H groups in total. The van der Waals surface area contributed by atoms with E-state index < -0.39 is 10.8 Å². The molecule has 2 fully saturated rings. The fourth-order valence-electron chi connectivity index (χ4n) is 3.13. The van der Waals surface area contributed by atoms with Crippen LogP contribution in [0.25, 0.3) is 0 Å². The third kappa shape index (κ3) is 3.89. The monoisotopic (exact) mass is 323 g/mol. The van der Waals surface area contributed by atoms with Gasteiger partial charge >= 0.3 is 5.88 Å². The fourth-order valence-corrected chi connectivity index (χ4v) is 3.13. The molecule has 1 unspecified atom stereocenters. The van der Waals surface area contributed by atoms with Crippen molar-refractivity contribution in [3.8, 4) is 0 Å². The van der Waals surface area contributed by atoms with Crippen LogP contribution in [0.2, 0.25) is 0 Å². The predicted molar refractivity (Wildman–Crippen MR) is 81.3 cm³/mol. The molecule has 23 heavy (non-hydrogen) atoms. The Morgan fingerprint density at radius 3 is 2.83 bits per heavy atom. The average Bonchev–Trinajstić information content (AvgIpc) is 3.16. The molecule has 1 amide bonds. The minimum absolute atomic E-state index is 0.0317. The van der Waals surface area contributed by atoms with Crippen molar-refractivity contribution in [3.05, 3.63) is 28.0 Å². The van der Waals surface area contributed by atoms with Crippen molar-refractivity contribution in [2.24, 2.45) is 0 Å². The lowest BCUT2D eigenvalue weighted by Crippen LogP contribution is -2.37. The number of amides is 1. The summed E-state index contributed by atoms with van der Waals surface area (Å²) < 4.78 is 10.7. The van der Waals surface area contributed by atoms with Gasteiger partial charge in [0.25, 0.3) is 5.91 Å². The van der Waals surface area contributed by atoms with Gasteiger partial charge in [0.1, 0.15) is 4.92 Å². The molecule has 2 aliphatic heterocycles. The largest absolute Gasteiger partial charge is 0.433 e. The average molecular weight is 323 g/mol. The highest BCUT2D eigenvalue weighted by Crippen LogP contribution is 2.19. The van der Waals surface area contributed by atoms with E-state index in [1.54, 1.807) is 4.90 Å². The van der Waals surface area contributed by atoms with Crippen LogP contribution in [0.15, 0.2) is 16.5 Å². The Morgan fingerprint density at radius 2 is 2.13 bits per heavy atom. The third-order valence-electron chi connectivity index (χ3n) is 4.34. The molecule has 3 rings (SSSR count). The van der Waals surface area contributed by atoms with Crippen molar-refractivity contribution >= 4 is 11.8 Å². The SMILES string of the molecule is O=C(c1ccc([N+](=O)[O-])o1)N1CCCN(CC2CCCO2)CC1. The lowest BCUT2D eigenvalue weighted by molar-refractivity contribution is -0.402. The standard InChI is InChI=1S/C15H21N3O5/c19-15(13-4-5-14(23-13)18(20)21)17-7-2-6-16(8-9-17)11-12-3-1-10-22-12/h4-5,12H,1-3,6-11H2. The first kappa shape index (κ1) is 15.9. The summed E-state index contributed by atoms with van der Waals surface area (Å²) in [5, 5.41) is 10.6. The summed E-state index contributed by atoms with van der Waals surface area (Å²) in [4.78, 5) is 26.4. The quantitative estimate of drug-likeness (QED) is 0.616. The molecule has 1 atom stereocenters. The number of hydrogen-bond donors (Lipinski definition) is 0. The third-order valence-corrected chi connectivity index (χ3v) is 4.34. The van der Waals surface area contributed by atoms with Gasteiger partial charge < -0.3 is 14.1 Å². The van der Waals surface area contributed by atoms with E-state index in [1.807, 2.05) is 0 Å². The molecule has 2 aliphatic rings. The summed E-state index contributed by atoms with van der Waals surface area (Å²) in [6.07, 6.45) is 3.42. The zero-order valence-electron chi connectivity index (χ0n) is 13.0. The Kier molecular flexibility index (Phi) is 4.92. The molecular formula is C15H21N3O5. The molecule has 0 bridgehead atoms. The minimum Gasteiger partial charge on any atom is -0.395 e. The van der Waals surface area contributed by atoms with Gasteiger partial charge in [0, 0.05) is 32.8 Å². The van der Waals surface area contributed by atoms with Crippen LogP contribution in [0.4, 0.5) is 5.88 Å². The van der Waals surface area contributed by atoms with Crippen molar-refractivity contribution < 1.29 is 18.9 Å². The van der Waals surface area contributed by atoms with E-state index in [0.717, 1.165) is 45.5 Å². The number of rotatable bonds is 4. The minimum atomic E-state index is -0.636. The molecule has 1 aromatic heterocycles. The fraction of sp³-hybridized carbons (Fsp3) is 0.667. The van der Waals surface area contributed by atoms with Crippen LogP contribution in [0.3, 0.4) is 0 Å². The van der Waals surface area contributed by atoms with Crippen molar-refractivity contribution in [2.75, 3.05) is 39.3 Å². The Hall–Kier alpha value is -1.93. The van der Waals surface area contributed by atoms with Crippen LogP contribution in [0.5, 0.6) is 0 Å². The number of ether oxygens (including phenoxy) is 1. The Bertz CT molecular complexity index is 567. The molecule has 0 saturated carbocycles. The molecule has 0 radical (unpaired) electrons. The van der Waals surface area contributed by atoms with Crippen molar-refractivity contribution in [1.29, 1.82) is 0 Å². The van der Waals surface area contributed by atoms with Gasteiger partial charge in [0.05, 0.1) is 12.2 Å². The zero-order valence-corrected chi connectivity index (χ0v) is 13.0. The van der Waals surface area contributed by atoms with Crippen LogP contribution in [0, 0.1) is 10.1 Å². The number of carbonyl (C=O) groups is 1. The molecule has 3 heterocycles. The number of nitro groups is 1. The maximum Gasteiger partial charge on any atom is 0.433 e. The summed E-state index contributed by atoms with van der Waals surface area (Å²) in [5.41, 5.74) is 0. The first-order valence-electron chi connectivity index (χ1n) is 8.01. The molecule has 2 saturated heterocycles. The topological polar surface area (TPSA) is 89.1 Å². The number of hydrogen-bond acceptors (Lipinski definition) is 6. The van der Waals surface area contributed by atoms with Crippen LogP contribution < -0.4 is 0 Å². The summed E-state index contributed by atoms with van der Waals surface area (Å²) in [6, 6.07) is 2.59. The molecule has 8 nitrogen and oxygen atoms in total. The van der Waals surface area contributed by atoms with E-state index in [0.29, 0.717) is 19.2 Å². The Labute approximate surface area is 134 Å². The van der Waals surface area contributed by atoms with Gasteiger partial charge in [0.15, 0.2) is 5.76 Å². The van der Waals surface area contributed by atoms with E-state index in [-0.39, 0.29) is 11.7 Å². The maximum atomic E-state index is 12.4. The van der Waals surface area contributed by atoms with E-state index in [1.165, 1.54) is 12.1 Å². The molecule has 0 aromatic carbocycles. The second-order valence-corrected chi connectivity index (χ2v) is 5.98. The van der Waals surface area contributed by atoms with Gasteiger partial charge in [0.2, 0.25) is 0 Å². The van der Waals surface area contributed by atoms with E-state index in [4.69, 9.17) is 9.15 Å². The van der Waals surface area contributed by atoms with Crippen molar-refractivity contribution in [2.45, 2.75) is 25.4 Å². The summed E-state index contributed by atoms with van der Waals surface area (Å²) in [5.74, 6) is -0.649. The van der Waals surface area contributed by atoms with Gasteiger partial charge in [-0.1, -0.05) is 0 Å². The number of furan rings is 1. The van der Waals surface area contributed by atoms with Crippen molar-refractivity contribution in [3.63, 3.8) is 0 Å².